The van der Waals surface area contributed by atoms with E-state index in [1.165, 1.54) is 5.56 Å². The number of hydrogen-bond donors (Lipinski definition) is 0. The second-order valence-corrected chi connectivity index (χ2v) is 9.89. The molecule has 2 aromatic heterocycles. The van der Waals surface area contributed by atoms with Gasteiger partial charge in [-0.2, -0.15) is 10.5 Å². The molecule has 38 heavy (non-hydrogen) atoms. The lowest BCUT2D eigenvalue weighted by molar-refractivity contribution is 0.0736. The molecule has 0 atom stereocenters. The number of nitrogens with zero attached hydrogens (tertiary/aromatic N) is 8. The van der Waals surface area contributed by atoms with Crippen LogP contribution in [0, 0.1) is 29.6 Å². The van der Waals surface area contributed by atoms with Crippen molar-refractivity contribution in [3.05, 3.63) is 76.7 Å². The number of aromatic nitrogens is 2. The van der Waals surface area contributed by atoms with Crippen LogP contribution in [0.25, 0.3) is 0 Å². The van der Waals surface area contributed by atoms with Crippen LogP contribution in [0.15, 0.2) is 48.7 Å². The van der Waals surface area contributed by atoms with E-state index in [2.05, 4.69) is 44.8 Å². The standard InChI is InChI=1S/C29H32N8O/c1-22-25(21-34-9-11-35(12-10-34)26-6-4-3-5-24(26)20-31)18-27(33(22)2)29(38)37-15-13-36(14-16-37)28-17-23(19-30)7-8-32-28/h3-8,17-18H,9-16,21H2,1-2H3. The molecule has 2 aliphatic rings. The third kappa shape index (κ3) is 5.06. The molecular formula is C29H32N8O. The highest BCUT2D eigenvalue weighted by Crippen LogP contribution is 2.24. The maximum atomic E-state index is 13.5. The summed E-state index contributed by atoms with van der Waals surface area (Å²) in [5, 5.41) is 18.6. The summed E-state index contributed by atoms with van der Waals surface area (Å²) >= 11 is 0. The lowest BCUT2D eigenvalue weighted by atomic mass is 10.1. The zero-order valence-electron chi connectivity index (χ0n) is 22.0. The summed E-state index contributed by atoms with van der Waals surface area (Å²) in [4.78, 5) is 26.6. The molecule has 4 heterocycles. The third-order valence-corrected chi connectivity index (χ3v) is 7.76. The fraction of sp³-hybridized carbons (Fsp3) is 0.379. The van der Waals surface area contributed by atoms with Crippen LogP contribution in [0.3, 0.4) is 0 Å². The van der Waals surface area contributed by atoms with Gasteiger partial charge in [0.05, 0.1) is 22.9 Å². The zero-order valence-corrected chi connectivity index (χ0v) is 22.0. The number of para-hydroxylation sites is 1. The summed E-state index contributed by atoms with van der Waals surface area (Å²) < 4.78 is 2.02. The lowest BCUT2D eigenvalue weighted by Crippen LogP contribution is -2.49. The molecule has 9 nitrogen and oxygen atoms in total. The Morgan fingerprint density at radius 1 is 0.921 bits per heavy atom. The van der Waals surface area contributed by atoms with Crippen LogP contribution in [0.5, 0.6) is 0 Å². The van der Waals surface area contributed by atoms with E-state index < -0.39 is 0 Å². The fourth-order valence-corrected chi connectivity index (χ4v) is 5.32. The smallest absolute Gasteiger partial charge is 0.270 e. The maximum absolute atomic E-state index is 13.5. The van der Waals surface area contributed by atoms with Crippen molar-refractivity contribution < 1.29 is 4.79 Å². The summed E-state index contributed by atoms with van der Waals surface area (Å²) in [5.41, 5.74) is 5.33. The molecule has 1 amide bonds. The first-order valence-corrected chi connectivity index (χ1v) is 13.0. The Bertz CT molecular complexity index is 1400. The second kappa shape index (κ2) is 11.0. The van der Waals surface area contributed by atoms with Crippen LogP contribution in [0.4, 0.5) is 11.5 Å². The molecule has 0 radical (unpaired) electrons. The van der Waals surface area contributed by atoms with Gasteiger partial charge in [0.15, 0.2) is 0 Å². The molecule has 5 rings (SSSR count). The van der Waals surface area contributed by atoms with E-state index in [9.17, 15) is 10.1 Å². The molecule has 0 saturated carbocycles. The molecule has 2 aliphatic heterocycles. The van der Waals surface area contributed by atoms with Gasteiger partial charge in [-0.15, -0.1) is 0 Å². The van der Waals surface area contributed by atoms with Gasteiger partial charge in [-0.05, 0) is 42.8 Å². The number of benzene rings is 1. The van der Waals surface area contributed by atoms with E-state index in [0.717, 1.165) is 61.2 Å². The fourth-order valence-electron chi connectivity index (χ4n) is 5.32. The predicted molar refractivity (Wildman–Crippen MR) is 146 cm³/mol. The van der Waals surface area contributed by atoms with Crippen molar-refractivity contribution in [3.63, 3.8) is 0 Å². The number of carbonyl (C=O) groups is 1. The summed E-state index contributed by atoms with van der Waals surface area (Å²) in [6.07, 6.45) is 1.66. The highest BCUT2D eigenvalue weighted by molar-refractivity contribution is 5.93. The van der Waals surface area contributed by atoms with Gasteiger partial charge in [-0.1, -0.05) is 12.1 Å². The van der Waals surface area contributed by atoms with Crippen LogP contribution in [0.2, 0.25) is 0 Å². The number of rotatable bonds is 5. The Balaban J connectivity index is 1.19. The molecule has 0 N–H and O–H groups in total. The van der Waals surface area contributed by atoms with Crippen LogP contribution in [-0.2, 0) is 13.6 Å². The molecule has 2 fully saturated rings. The lowest BCUT2D eigenvalue weighted by Gasteiger charge is -2.36. The van der Waals surface area contributed by atoms with Crippen molar-refractivity contribution in [2.75, 3.05) is 62.2 Å². The maximum Gasteiger partial charge on any atom is 0.270 e. The number of amides is 1. The van der Waals surface area contributed by atoms with E-state index in [-0.39, 0.29) is 5.91 Å². The summed E-state index contributed by atoms with van der Waals surface area (Å²) in [5.74, 6) is 0.836. The molecule has 9 heteroatoms. The Kier molecular flexibility index (Phi) is 7.30. The van der Waals surface area contributed by atoms with Gasteiger partial charge in [0.2, 0.25) is 0 Å². The van der Waals surface area contributed by atoms with E-state index in [4.69, 9.17) is 5.26 Å². The van der Waals surface area contributed by atoms with Crippen LogP contribution in [0.1, 0.15) is 32.9 Å². The minimum Gasteiger partial charge on any atom is -0.368 e. The summed E-state index contributed by atoms with van der Waals surface area (Å²) in [6.45, 7) is 9.02. The second-order valence-electron chi connectivity index (χ2n) is 9.89. The Hall–Kier alpha value is -4.34. The number of piperazine rings is 2. The predicted octanol–water partition coefficient (Wildman–Crippen LogP) is 2.76. The highest BCUT2D eigenvalue weighted by atomic mass is 16.2. The number of nitriles is 2. The highest BCUT2D eigenvalue weighted by Gasteiger charge is 2.27. The molecule has 3 aromatic rings. The molecular weight excluding hydrogens is 476 g/mol. The average Bonchev–Trinajstić information content (AvgIpc) is 3.25. The number of pyridine rings is 1. The van der Waals surface area contributed by atoms with Gasteiger partial charge >= 0.3 is 0 Å². The van der Waals surface area contributed by atoms with Gasteiger partial charge in [0.25, 0.3) is 5.91 Å². The van der Waals surface area contributed by atoms with Crippen LogP contribution >= 0.6 is 0 Å². The first-order chi connectivity index (χ1) is 18.5. The Labute approximate surface area is 223 Å². The summed E-state index contributed by atoms with van der Waals surface area (Å²) in [6, 6.07) is 17.8. The summed E-state index contributed by atoms with van der Waals surface area (Å²) in [7, 11) is 1.97. The van der Waals surface area contributed by atoms with E-state index in [0.29, 0.717) is 31.7 Å². The minimum absolute atomic E-state index is 0.0539. The van der Waals surface area contributed by atoms with Gasteiger partial charge < -0.3 is 19.3 Å². The molecule has 1 aromatic carbocycles. The van der Waals surface area contributed by atoms with Crippen molar-refractivity contribution >= 4 is 17.4 Å². The van der Waals surface area contributed by atoms with Crippen molar-refractivity contribution in [1.82, 2.24) is 19.4 Å². The number of anilines is 2. The van der Waals surface area contributed by atoms with Gasteiger partial charge in [0.1, 0.15) is 17.6 Å². The monoisotopic (exact) mass is 508 g/mol. The molecule has 194 valence electrons. The van der Waals surface area contributed by atoms with E-state index in [1.807, 2.05) is 40.8 Å². The number of carbonyl (C=O) groups excluding carboxylic acids is 1. The van der Waals surface area contributed by atoms with Crippen LogP contribution in [-0.4, -0.2) is 77.6 Å². The van der Waals surface area contributed by atoms with Crippen molar-refractivity contribution in [1.29, 1.82) is 10.5 Å². The first-order valence-electron chi connectivity index (χ1n) is 13.0. The largest absolute Gasteiger partial charge is 0.368 e. The van der Waals surface area contributed by atoms with Gasteiger partial charge in [0, 0.05) is 77.8 Å². The molecule has 0 spiro atoms. The SMILES string of the molecule is Cc1c(CN2CCN(c3ccccc3C#N)CC2)cc(C(=O)N2CCN(c3cc(C#N)ccn3)CC2)n1C. The molecule has 0 bridgehead atoms. The Morgan fingerprint density at radius 2 is 1.63 bits per heavy atom. The van der Waals surface area contributed by atoms with E-state index >= 15 is 0 Å². The minimum atomic E-state index is 0.0539. The molecule has 0 aliphatic carbocycles. The van der Waals surface area contributed by atoms with Gasteiger partial charge in [-0.25, -0.2) is 4.98 Å². The Morgan fingerprint density at radius 3 is 2.34 bits per heavy atom. The zero-order chi connectivity index (χ0) is 26.6. The number of hydrogen-bond acceptors (Lipinski definition) is 7. The average molecular weight is 509 g/mol. The quantitative estimate of drug-likeness (QED) is 0.523. The van der Waals surface area contributed by atoms with Crippen molar-refractivity contribution in [3.8, 4) is 12.1 Å². The molecule has 2 saturated heterocycles. The molecule has 0 unspecified atom stereocenters. The van der Waals surface area contributed by atoms with Crippen LogP contribution < -0.4 is 9.80 Å². The topological polar surface area (TPSA) is 95.4 Å². The first kappa shape index (κ1) is 25.3. The van der Waals surface area contributed by atoms with Crippen molar-refractivity contribution in [2.24, 2.45) is 7.05 Å². The van der Waals surface area contributed by atoms with Gasteiger partial charge in [-0.3, -0.25) is 9.69 Å². The normalized spacial score (nSPS) is 16.3. The third-order valence-electron chi connectivity index (χ3n) is 7.76. The van der Waals surface area contributed by atoms with E-state index in [1.54, 1.807) is 18.3 Å². The van der Waals surface area contributed by atoms with Crippen molar-refractivity contribution in [2.45, 2.75) is 13.5 Å².